The van der Waals surface area contributed by atoms with Crippen molar-refractivity contribution in [2.24, 2.45) is 0 Å². The molecule has 2 N–H and O–H groups in total. The molecule has 0 saturated carbocycles. The van der Waals surface area contributed by atoms with Crippen molar-refractivity contribution in [2.75, 3.05) is 16.2 Å². The average molecular weight is 346 g/mol. The zero-order valence-corrected chi connectivity index (χ0v) is 13.8. The van der Waals surface area contributed by atoms with Gasteiger partial charge in [0.15, 0.2) is 0 Å². The van der Waals surface area contributed by atoms with E-state index in [4.69, 9.17) is 5.11 Å². The van der Waals surface area contributed by atoms with Gasteiger partial charge >= 0.3 is 0 Å². The second kappa shape index (κ2) is 6.62. The van der Waals surface area contributed by atoms with E-state index in [0.717, 1.165) is 6.42 Å². The van der Waals surface area contributed by atoms with Gasteiger partial charge in [-0.05, 0) is 48.4 Å². The maximum atomic E-state index is 12.4. The summed E-state index contributed by atoms with van der Waals surface area (Å²) in [5.41, 5.74) is 1.72. The largest absolute Gasteiger partial charge is 0.392 e. The summed E-state index contributed by atoms with van der Waals surface area (Å²) >= 11 is 0. The third-order valence-electron chi connectivity index (χ3n) is 3.89. The Bertz CT molecular complexity index is 847. The molecule has 1 amide bonds. The van der Waals surface area contributed by atoms with Gasteiger partial charge in [0, 0.05) is 24.3 Å². The van der Waals surface area contributed by atoms with Crippen molar-refractivity contribution >= 4 is 27.3 Å². The first-order chi connectivity index (χ1) is 11.5. The quantitative estimate of drug-likeness (QED) is 0.868. The van der Waals surface area contributed by atoms with Crippen molar-refractivity contribution in [3.8, 4) is 0 Å². The van der Waals surface area contributed by atoms with E-state index in [-0.39, 0.29) is 17.4 Å². The lowest BCUT2D eigenvalue weighted by Gasteiger charge is -2.16. The van der Waals surface area contributed by atoms with Gasteiger partial charge in [0.2, 0.25) is 5.91 Å². The standard InChI is InChI=1S/C17H18N2O4S/c20-12-13-3-1-4-14(11-13)18-24(22,23)16-8-6-15(7-9-16)19-10-2-5-17(19)21/h1,3-4,6-9,11,18,20H,2,5,10,12H2. The molecule has 0 spiro atoms. The second-order valence-electron chi connectivity index (χ2n) is 5.61. The summed E-state index contributed by atoms with van der Waals surface area (Å²) in [5, 5.41) is 9.12. The van der Waals surface area contributed by atoms with Gasteiger partial charge in [0.05, 0.1) is 11.5 Å². The van der Waals surface area contributed by atoms with Crippen LogP contribution in [0.5, 0.6) is 0 Å². The van der Waals surface area contributed by atoms with Crippen LogP contribution in [-0.2, 0) is 21.4 Å². The van der Waals surface area contributed by atoms with Crippen LogP contribution in [0.25, 0.3) is 0 Å². The molecular weight excluding hydrogens is 328 g/mol. The van der Waals surface area contributed by atoms with Gasteiger partial charge in [0.1, 0.15) is 0 Å². The maximum Gasteiger partial charge on any atom is 0.261 e. The van der Waals surface area contributed by atoms with Crippen molar-refractivity contribution < 1.29 is 18.3 Å². The Morgan fingerprint density at radius 2 is 1.88 bits per heavy atom. The summed E-state index contributed by atoms with van der Waals surface area (Å²) in [6.07, 6.45) is 1.35. The zero-order valence-electron chi connectivity index (χ0n) is 13.0. The minimum Gasteiger partial charge on any atom is -0.392 e. The van der Waals surface area contributed by atoms with Crippen molar-refractivity contribution in [3.63, 3.8) is 0 Å². The molecule has 2 aromatic rings. The van der Waals surface area contributed by atoms with E-state index in [1.54, 1.807) is 41.3 Å². The van der Waals surface area contributed by atoms with Crippen LogP contribution in [0, 0.1) is 0 Å². The zero-order chi connectivity index (χ0) is 17.2. The smallest absolute Gasteiger partial charge is 0.261 e. The number of sulfonamides is 1. The Labute approximate surface area is 140 Å². The molecule has 0 unspecified atom stereocenters. The van der Waals surface area contributed by atoms with Crippen LogP contribution in [0.4, 0.5) is 11.4 Å². The monoisotopic (exact) mass is 346 g/mol. The van der Waals surface area contributed by atoms with Gasteiger partial charge < -0.3 is 10.0 Å². The van der Waals surface area contributed by atoms with Gasteiger partial charge in [-0.15, -0.1) is 0 Å². The molecule has 0 aromatic heterocycles. The lowest BCUT2D eigenvalue weighted by molar-refractivity contribution is -0.117. The number of hydrogen-bond acceptors (Lipinski definition) is 4. The highest BCUT2D eigenvalue weighted by Crippen LogP contribution is 2.24. The summed E-state index contributed by atoms with van der Waals surface area (Å²) in [4.78, 5) is 13.5. The predicted molar refractivity (Wildman–Crippen MR) is 91.2 cm³/mol. The van der Waals surface area contributed by atoms with Crippen LogP contribution < -0.4 is 9.62 Å². The maximum absolute atomic E-state index is 12.4. The van der Waals surface area contributed by atoms with E-state index in [0.29, 0.717) is 29.9 Å². The number of carbonyl (C=O) groups is 1. The molecular formula is C17H18N2O4S. The lowest BCUT2D eigenvalue weighted by atomic mass is 10.2. The summed E-state index contributed by atoms with van der Waals surface area (Å²) in [6, 6.07) is 12.8. The topological polar surface area (TPSA) is 86.7 Å². The SMILES string of the molecule is O=C1CCCN1c1ccc(S(=O)(=O)Nc2cccc(CO)c2)cc1. The second-order valence-corrected chi connectivity index (χ2v) is 7.29. The molecule has 0 radical (unpaired) electrons. The first-order valence-corrected chi connectivity index (χ1v) is 9.11. The minimum atomic E-state index is -3.73. The minimum absolute atomic E-state index is 0.0598. The van der Waals surface area contributed by atoms with E-state index in [2.05, 4.69) is 4.72 Å². The number of aliphatic hydroxyl groups excluding tert-OH is 1. The molecule has 0 bridgehead atoms. The van der Waals surface area contributed by atoms with E-state index < -0.39 is 10.0 Å². The van der Waals surface area contributed by atoms with Crippen LogP contribution in [0.1, 0.15) is 18.4 Å². The van der Waals surface area contributed by atoms with Gasteiger partial charge in [-0.3, -0.25) is 9.52 Å². The Kier molecular flexibility index (Phi) is 4.55. The number of benzene rings is 2. The van der Waals surface area contributed by atoms with Crippen molar-refractivity contribution in [1.82, 2.24) is 0 Å². The summed E-state index contributed by atoms with van der Waals surface area (Å²) in [6.45, 7) is 0.505. The van der Waals surface area contributed by atoms with Crippen LogP contribution in [0.3, 0.4) is 0 Å². The number of anilines is 2. The fraction of sp³-hybridized carbons (Fsp3) is 0.235. The third kappa shape index (κ3) is 3.42. The molecule has 3 rings (SSSR count). The summed E-state index contributed by atoms with van der Waals surface area (Å²) in [5.74, 6) is 0.0598. The number of amides is 1. The number of hydrogen-bond donors (Lipinski definition) is 2. The molecule has 1 saturated heterocycles. The summed E-state index contributed by atoms with van der Waals surface area (Å²) < 4.78 is 27.4. The number of nitrogens with one attached hydrogen (secondary N) is 1. The highest BCUT2D eigenvalue weighted by molar-refractivity contribution is 7.92. The molecule has 0 aliphatic carbocycles. The van der Waals surface area contributed by atoms with Gasteiger partial charge in [-0.25, -0.2) is 8.42 Å². The molecule has 0 atom stereocenters. The van der Waals surface area contributed by atoms with Gasteiger partial charge in [-0.1, -0.05) is 12.1 Å². The van der Waals surface area contributed by atoms with Crippen LogP contribution >= 0.6 is 0 Å². The number of carbonyl (C=O) groups excluding carboxylic acids is 1. The van der Waals surface area contributed by atoms with E-state index in [9.17, 15) is 13.2 Å². The predicted octanol–water partition coefficient (Wildman–Crippen LogP) is 2.11. The third-order valence-corrected chi connectivity index (χ3v) is 5.29. The Hall–Kier alpha value is -2.38. The first kappa shape index (κ1) is 16.5. The molecule has 1 aliphatic heterocycles. The molecule has 1 heterocycles. The number of rotatable bonds is 5. The van der Waals surface area contributed by atoms with Gasteiger partial charge in [-0.2, -0.15) is 0 Å². The van der Waals surface area contributed by atoms with Crippen molar-refractivity contribution in [2.45, 2.75) is 24.3 Å². The fourth-order valence-corrected chi connectivity index (χ4v) is 3.72. The Morgan fingerprint density at radius 1 is 1.12 bits per heavy atom. The van der Waals surface area contributed by atoms with Gasteiger partial charge in [0.25, 0.3) is 10.0 Å². The lowest BCUT2D eigenvalue weighted by Crippen LogP contribution is -2.23. The highest BCUT2D eigenvalue weighted by atomic mass is 32.2. The average Bonchev–Trinajstić information content (AvgIpc) is 3.01. The molecule has 24 heavy (non-hydrogen) atoms. The molecule has 126 valence electrons. The molecule has 1 aliphatic rings. The summed E-state index contributed by atoms with van der Waals surface area (Å²) in [7, 11) is -3.73. The fourth-order valence-electron chi connectivity index (χ4n) is 2.67. The number of nitrogens with zero attached hydrogens (tertiary/aromatic N) is 1. The number of aliphatic hydroxyl groups is 1. The van der Waals surface area contributed by atoms with E-state index in [1.807, 2.05) is 0 Å². The molecule has 6 nitrogen and oxygen atoms in total. The Morgan fingerprint density at radius 3 is 2.50 bits per heavy atom. The highest BCUT2D eigenvalue weighted by Gasteiger charge is 2.22. The van der Waals surface area contributed by atoms with Crippen molar-refractivity contribution in [3.05, 3.63) is 54.1 Å². The van der Waals surface area contributed by atoms with E-state index >= 15 is 0 Å². The molecule has 7 heteroatoms. The molecule has 1 fully saturated rings. The first-order valence-electron chi connectivity index (χ1n) is 7.63. The van der Waals surface area contributed by atoms with E-state index in [1.165, 1.54) is 12.1 Å². The van der Waals surface area contributed by atoms with Crippen LogP contribution in [0.2, 0.25) is 0 Å². The normalized spacial score (nSPS) is 14.9. The Balaban J connectivity index is 1.80. The molecule has 2 aromatic carbocycles. The van der Waals surface area contributed by atoms with Crippen LogP contribution in [0.15, 0.2) is 53.4 Å². The van der Waals surface area contributed by atoms with Crippen LogP contribution in [-0.4, -0.2) is 26.0 Å². The van der Waals surface area contributed by atoms with Crippen molar-refractivity contribution in [1.29, 1.82) is 0 Å².